The van der Waals surface area contributed by atoms with Crippen LogP contribution in [0.3, 0.4) is 0 Å². The van der Waals surface area contributed by atoms with Gasteiger partial charge in [0.1, 0.15) is 5.54 Å². The average molecular weight is 282 g/mol. The molecule has 1 saturated heterocycles. The van der Waals surface area contributed by atoms with Crippen molar-refractivity contribution in [3.63, 3.8) is 0 Å². The van der Waals surface area contributed by atoms with E-state index in [0.717, 1.165) is 51.4 Å². The van der Waals surface area contributed by atoms with E-state index in [9.17, 15) is 4.79 Å². The molecular formula is C16H30N2O2. The fourth-order valence-electron chi connectivity index (χ4n) is 3.48. The maximum atomic E-state index is 12.4. The molecule has 116 valence electrons. The van der Waals surface area contributed by atoms with Gasteiger partial charge in [0.15, 0.2) is 0 Å². The van der Waals surface area contributed by atoms with E-state index in [1.807, 2.05) is 0 Å². The Balaban J connectivity index is 2.06. The average Bonchev–Trinajstić information content (AvgIpc) is 3.23. The van der Waals surface area contributed by atoms with Crippen molar-refractivity contribution in [1.29, 1.82) is 0 Å². The third-order valence-corrected chi connectivity index (χ3v) is 4.93. The summed E-state index contributed by atoms with van der Waals surface area (Å²) in [6.45, 7) is 8.37. The van der Waals surface area contributed by atoms with Crippen LogP contribution in [-0.2, 0) is 9.53 Å². The molecule has 0 radical (unpaired) electrons. The highest BCUT2D eigenvalue weighted by atomic mass is 16.5. The molecule has 2 atom stereocenters. The number of carbonyl (C=O) groups excluding carboxylic acids is 1. The lowest BCUT2D eigenvalue weighted by Gasteiger charge is -2.36. The van der Waals surface area contributed by atoms with Crippen LogP contribution < -0.4 is 5.32 Å². The minimum atomic E-state index is -0.465. The SMILES string of the molecule is CCCNC(CN1CCC(CC)C1)(C(=O)OC)C1CC1. The normalized spacial score (nSPS) is 26.4. The molecule has 2 unspecified atom stereocenters. The van der Waals surface area contributed by atoms with Gasteiger partial charge in [0.25, 0.3) is 0 Å². The van der Waals surface area contributed by atoms with Crippen LogP contribution in [0.15, 0.2) is 0 Å². The Bertz CT molecular complexity index is 330. The molecule has 2 fully saturated rings. The van der Waals surface area contributed by atoms with Crippen LogP contribution in [0.1, 0.15) is 46.0 Å². The Morgan fingerprint density at radius 1 is 1.35 bits per heavy atom. The van der Waals surface area contributed by atoms with Crippen molar-refractivity contribution in [3.05, 3.63) is 0 Å². The van der Waals surface area contributed by atoms with Gasteiger partial charge >= 0.3 is 5.97 Å². The van der Waals surface area contributed by atoms with E-state index < -0.39 is 5.54 Å². The molecule has 0 aromatic rings. The van der Waals surface area contributed by atoms with Crippen molar-refractivity contribution in [2.75, 3.05) is 33.3 Å². The first-order chi connectivity index (χ1) is 9.66. The van der Waals surface area contributed by atoms with Crippen LogP contribution >= 0.6 is 0 Å². The van der Waals surface area contributed by atoms with Crippen LogP contribution in [0.2, 0.25) is 0 Å². The first kappa shape index (κ1) is 15.8. The molecule has 1 N–H and O–H groups in total. The highest BCUT2D eigenvalue weighted by molar-refractivity contribution is 5.82. The van der Waals surface area contributed by atoms with E-state index in [2.05, 4.69) is 24.1 Å². The number of nitrogens with zero attached hydrogens (tertiary/aromatic N) is 1. The fraction of sp³-hybridized carbons (Fsp3) is 0.938. The minimum Gasteiger partial charge on any atom is -0.468 e. The number of likely N-dealkylation sites (tertiary alicyclic amines) is 1. The summed E-state index contributed by atoms with van der Waals surface area (Å²) in [6, 6.07) is 0. The molecule has 4 heteroatoms. The number of rotatable bonds is 8. The number of carbonyl (C=O) groups is 1. The molecule has 0 amide bonds. The second-order valence-electron chi connectivity index (χ2n) is 6.46. The number of ether oxygens (including phenoxy) is 1. The van der Waals surface area contributed by atoms with Gasteiger partial charge in [0, 0.05) is 13.1 Å². The standard InChI is InChI=1S/C16H30N2O2/c1-4-9-17-16(14-6-7-14,15(19)20-3)12-18-10-8-13(5-2)11-18/h13-14,17H,4-12H2,1-3H3. The molecule has 0 spiro atoms. The number of esters is 1. The molecule has 1 aliphatic carbocycles. The van der Waals surface area contributed by atoms with E-state index in [1.165, 1.54) is 20.0 Å². The van der Waals surface area contributed by atoms with Gasteiger partial charge in [-0.3, -0.25) is 0 Å². The smallest absolute Gasteiger partial charge is 0.327 e. The monoisotopic (exact) mass is 282 g/mol. The summed E-state index contributed by atoms with van der Waals surface area (Å²) < 4.78 is 5.15. The van der Waals surface area contributed by atoms with Crippen molar-refractivity contribution in [2.24, 2.45) is 11.8 Å². The maximum absolute atomic E-state index is 12.4. The number of nitrogens with one attached hydrogen (secondary N) is 1. The molecule has 2 rings (SSSR count). The van der Waals surface area contributed by atoms with E-state index in [-0.39, 0.29) is 5.97 Å². The summed E-state index contributed by atoms with van der Waals surface area (Å²) in [5.41, 5.74) is -0.465. The first-order valence-corrected chi connectivity index (χ1v) is 8.22. The number of methoxy groups -OCH3 is 1. The molecule has 1 heterocycles. The van der Waals surface area contributed by atoms with E-state index in [1.54, 1.807) is 0 Å². The molecule has 4 nitrogen and oxygen atoms in total. The second-order valence-corrected chi connectivity index (χ2v) is 6.46. The Morgan fingerprint density at radius 2 is 2.10 bits per heavy atom. The Labute approximate surface area is 123 Å². The van der Waals surface area contributed by atoms with E-state index >= 15 is 0 Å². The third kappa shape index (κ3) is 3.34. The second kappa shape index (κ2) is 6.90. The predicted molar refractivity (Wildman–Crippen MR) is 80.6 cm³/mol. The summed E-state index contributed by atoms with van der Waals surface area (Å²) in [4.78, 5) is 14.9. The molecule has 0 bridgehead atoms. The summed E-state index contributed by atoms with van der Waals surface area (Å²) >= 11 is 0. The summed E-state index contributed by atoms with van der Waals surface area (Å²) in [7, 11) is 1.52. The van der Waals surface area contributed by atoms with Crippen LogP contribution in [0.5, 0.6) is 0 Å². The molecule has 1 saturated carbocycles. The first-order valence-electron chi connectivity index (χ1n) is 8.22. The predicted octanol–water partition coefficient (Wildman–Crippen LogP) is 2.04. The Kier molecular flexibility index (Phi) is 5.44. The summed E-state index contributed by atoms with van der Waals surface area (Å²) in [5, 5.41) is 3.54. The molecule has 2 aliphatic rings. The van der Waals surface area contributed by atoms with Crippen LogP contribution in [-0.4, -0.2) is 49.7 Å². The number of hydrogen-bond acceptors (Lipinski definition) is 4. The zero-order valence-corrected chi connectivity index (χ0v) is 13.3. The van der Waals surface area contributed by atoms with Gasteiger partial charge in [0.05, 0.1) is 7.11 Å². The van der Waals surface area contributed by atoms with E-state index in [0.29, 0.717) is 5.92 Å². The number of hydrogen-bond donors (Lipinski definition) is 1. The highest BCUT2D eigenvalue weighted by Gasteiger charge is 2.52. The highest BCUT2D eigenvalue weighted by Crippen LogP contribution is 2.41. The summed E-state index contributed by atoms with van der Waals surface area (Å²) in [5.74, 6) is 1.20. The topological polar surface area (TPSA) is 41.6 Å². The molecule has 1 aliphatic heterocycles. The van der Waals surface area contributed by atoms with Crippen LogP contribution in [0.4, 0.5) is 0 Å². The molecule has 20 heavy (non-hydrogen) atoms. The largest absolute Gasteiger partial charge is 0.468 e. The van der Waals surface area contributed by atoms with Crippen LogP contribution in [0.25, 0.3) is 0 Å². The van der Waals surface area contributed by atoms with Gasteiger partial charge < -0.3 is 15.0 Å². The van der Waals surface area contributed by atoms with Crippen molar-refractivity contribution >= 4 is 5.97 Å². The fourth-order valence-corrected chi connectivity index (χ4v) is 3.48. The van der Waals surface area contributed by atoms with Gasteiger partial charge in [-0.05, 0) is 50.6 Å². The lowest BCUT2D eigenvalue weighted by atomic mass is 9.92. The Morgan fingerprint density at radius 3 is 2.60 bits per heavy atom. The van der Waals surface area contributed by atoms with Gasteiger partial charge in [-0.2, -0.15) is 0 Å². The van der Waals surface area contributed by atoms with Crippen molar-refractivity contribution in [1.82, 2.24) is 10.2 Å². The molecule has 0 aromatic carbocycles. The third-order valence-electron chi connectivity index (χ3n) is 4.93. The van der Waals surface area contributed by atoms with Gasteiger partial charge in [-0.25, -0.2) is 4.79 Å². The minimum absolute atomic E-state index is 0.0617. The molecule has 0 aromatic heterocycles. The quantitative estimate of drug-likeness (QED) is 0.692. The maximum Gasteiger partial charge on any atom is 0.327 e. The molecular weight excluding hydrogens is 252 g/mol. The van der Waals surface area contributed by atoms with E-state index in [4.69, 9.17) is 4.74 Å². The van der Waals surface area contributed by atoms with Crippen molar-refractivity contribution in [3.8, 4) is 0 Å². The van der Waals surface area contributed by atoms with Crippen molar-refractivity contribution < 1.29 is 9.53 Å². The van der Waals surface area contributed by atoms with Gasteiger partial charge in [0.2, 0.25) is 0 Å². The van der Waals surface area contributed by atoms with Gasteiger partial charge in [-0.15, -0.1) is 0 Å². The van der Waals surface area contributed by atoms with Gasteiger partial charge in [-0.1, -0.05) is 20.3 Å². The lowest BCUT2D eigenvalue weighted by molar-refractivity contribution is -0.150. The Hall–Kier alpha value is -0.610. The summed E-state index contributed by atoms with van der Waals surface area (Å²) in [6.07, 6.45) is 5.86. The lowest BCUT2D eigenvalue weighted by Crippen LogP contribution is -2.61. The van der Waals surface area contributed by atoms with Crippen LogP contribution in [0, 0.1) is 11.8 Å². The zero-order valence-electron chi connectivity index (χ0n) is 13.3. The zero-order chi connectivity index (χ0) is 14.6. The van der Waals surface area contributed by atoms with Crippen molar-refractivity contribution in [2.45, 2.75) is 51.5 Å².